The maximum atomic E-state index is 11.9. The summed E-state index contributed by atoms with van der Waals surface area (Å²) < 4.78 is 0. The fourth-order valence-corrected chi connectivity index (χ4v) is 1.80. The minimum absolute atomic E-state index is 0.0779. The molecule has 0 aliphatic heterocycles. The minimum atomic E-state index is 0.0779. The van der Waals surface area contributed by atoms with E-state index in [9.17, 15) is 4.79 Å². The van der Waals surface area contributed by atoms with Crippen molar-refractivity contribution in [1.29, 1.82) is 0 Å². The Bertz CT molecular complexity index is 499. The van der Waals surface area contributed by atoms with Gasteiger partial charge in [0.15, 0.2) is 5.78 Å². The van der Waals surface area contributed by atoms with Crippen molar-refractivity contribution in [3.05, 3.63) is 36.0 Å². The summed E-state index contributed by atoms with van der Waals surface area (Å²) >= 11 is 0. The lowest BCUT2D eigenvalue weighted by Crippen LogP contribution is -2.16. The highest BCUT2D eigenvalue weighted by molar-refractivity contribution is 6.07. The third-order valence-corrected chi connectivity index (χ3v) is 2.72. The lowest BCUT2D eigenvalue weighted by molar-refractivity contribution is 0.0979. The average molecular weight is 216 g/mol. The number of ketones is 1. The molecule has 0 spiro atoms. The number of aromatic nitrogens is 1. The molecule has 0 saturated heterocycles. The third kappa shape index (κ3) is 2.14. The van der Waals surface area contributed by atoms with Crippen molar-refractivity contribution in [3.63, 3.8) is 0 Å². The molecule has 0 fully saturated rings. The average Bonchev–Trinajstić information content (AvgIpc) is 2.69. The Morgan fingerprint density at radius 3 is 2.94 bits per heavy atom. The van der Waals surface area contributed by atoms with Gasteiger partial charge in [-0.15, -0.1) is 0 Å². The van der Waals surface area contributed by atoms with Crippen LogP contribution in [0.1, 0.15) is 30.1 Å². The highest BCUT2D eigenvalue weighted by Crippen LogP contribution is 2.19. The van der Waals surface area contributed by atoms with Crippen molar-refractivity contribution >= 4 is 16.7 Å². The molecule has 2 rings (SSSR count). The quantitative estimate of drug-likeness (QED) is 0.771. The first-order chi connectivity index (χ1) is 7.68. The van der Waals surface area contributed by atoms with Crippen LogP contribution in [0.4, 0.5) is 0 Å². The van der Waals surface area contributed by atoms with Gasteiger partial charge in [0.05, 0.1) is 0 Å². The number of fused-ring (bicyclic) bond motifs is 1. The van der Waals surface area contributed by atoms with Gasteiger partial charge in [0.25, 0.3) is 0 Å². The molecular weight excluding hydrogens is 200 g/mol. The molecule has 0 aliphatic carbocycles. The first kappa shape index (κ1) is 10.9. The number of hydrogen-bond acceptors (Lipinski definition) is 2. The number of para-hydroxylation sites is 1. The van der Waals surface area contributed by atoms with Crippen LogP contribution in [0.3, 0.4) is 0 Å². The van der Waals surface area contributed by atoms with Crippen LogP contribution >= 0.6 is 0 Å². The number of rotatable bonds is 4. The predicted molar refractivity (Wildman–Crippen MR) is 65.5 cm³/mol. The maximum Gasteiger partial charge on any atom is 0.165 e. The third-order valence-electron chi connectivity index (χ3n) is 2.72. The summed E-state index contributed by atoms with van der Waals surface area (Å²) in [6.45, 7) is 1.92. The van der Waals surface area contributed by atoms with Gasteiger partial charge in [-0.2, -0.15) is 0 Å². The van der Waals surface area contributed by atoms with Gasteiger partial charge in [-0.1, -0.05) is 18.2 Å². The second-order valence-corrected chi connectivity index (χ2v) is 4.19. The van der Waals surface area contributed by atoms with Crippen LogP contribution in [0.25, 0.3) is 10.9 Å². The van der Waals surface area contributed by atoms with Crippen molar-refractivity contribution in [3.8, 4) is 0 Å². The van der Waals surface area contributed by atoms with Crippen molar-refractivity contribution in [1.82, 2.24) is 4.98 Å². The van der Waals surface area contributed by atoms with Crippen molar-refractivity contribution in [2.75, 3.05) is 0 Å². The molecule has 1 heterocycles. The molecule has 1 aromatic carbocycles. The number of nitrogens with one attached hydrogen (secondary N) is 1. The lowest BCUT2D eigenvalue weighted by Gasteiger charge is -2.03. The zero-order valence-electron chi connectivity index (χ0n) is 9.36. The molecule has 0 radical (unpaired) electrons. The van der Waals surface area contributed by atoms with Crippen LogP contribution in [-0.2, 0) is 0 Å². The number of carbonyl (C=O) groups is 1. The van der Waals surface area contributed by atoms with Gasteiger partial charge in [-0.25, -0.2) is 0 Å². The number of hydrogen-bond donors (Lipinski definition) is 2. The maximum absolute atomic E-state index is 11.9. The zero-order chi connectivity index (χ0) is 11.5. The van der Waals surface area contributed by atoms with Gasteiger partial charge in [-0.3, -0.25) is 4.79 Å². The molecule has 0 amide bonds. The van der Waals surface area contributed by atoms with Gasteiger partial charge in [0.2, 0.25) is 0 Å². The molecule has 3 nitrogen and oxygen atoms in total. The van der Waals surface area contributed by atoms with E-state index in [-0.39, 0.29) is 11.8 Å². The highest BCUT2D eigenvalue weighted by atomic mass is 16.1. The van der Waals surface area contributed by atoms with E-state index in [1.54, 1.807) is 6.20 Å². The van der Waals surface area contributed by atoms with E-state index < -0.39 is 0 Å². The molecule has 0 aliphatic rings. The van der Waals surface area contributed by atoms with E-state index in [4.69, 9.17) is 5.73 Å². The Morgan fingerprint density at radius 1 is 1.44 bits per heavy atom. The fourth-order valence-electron chi connectivity index (χ4n) is 1.80. The second kappa shape index (κ2) is 4.49. The number of benzene rings is 1. The van der Waals surface area contributed by atoms with Gasteiger partial charge in [-0.05, 0) is 19.4 Å². The lowest BCUT2D eigenvalue weighted by atomic mass is 10.0. The Labute approximate surface area is 94.6 Å². The summed E-state index contributed by atoms with van der Waals surface area (Å²) in [7, 11) is 0. The Kier molecular flexibility index (Phi) is 3.06. The smallest absolute Gasteiger partial charge is 0.165 e. The van der Waals surface area contributed by atoms with Crippen LogP contribution in [0.5, 0.6) is 0 Å². The normalized spacial score (nSPS) is 12.9. The fraction of sp³-hybridized carbons (Fsp3) is 0.308. The summed E-state index contributed by atoms with van der Waals surface area (Å²) in [6, 6.07) is 7.91. The molecule has 84 valence electrons. The minimum Gasteiger partial charge on any atom is -0.360 e. The van der Waals surface area contributed by atoms with E-state index in [1.807, 2.05) is 31.2 Å². The molecule has 1 unspecified atom stereocenters. The van der Waals surface area contributed by atoms with Crippen molar-refractivity contribution in [2.24, 2.45) is 5.73 Å². The molecule has 0 bridgehead atoms. The largest absolute Gasteiger partial charge is 0.360 e. The van der Waals surface area contributed by atoms with Gasteiger partial charge in [0.1, 0.15) is 0 Å². The number of nitrogens with two attached hydrogens (primary N) is 1. The summed E-state index contributed by atoms with van der Waals surface area (Å²) in [6.07, 6.45) is 3.03. The van der Waals surface area contributed by atoms with E-state index in [2.05, 4.69) is 4.98 Å². The summed E-state index contributed by atoms with van der Waals surface area (Å²) in [5.74, 6) is 0.162. The predicted octanol–water partition coefficient (Wildman–Crippen LogP) is 2.48. The Hall–Kier alpha value is -1.61. The van der Waals surface area contributed by atoms with E-state index >= 15 is 0 Å². The van der Waals surface area contributed by atoms with E-state index in [0.717, 1.165) is 22.9 Å². The monoisotopic (exact) mass is 216 g/mol. The summed E-state index contributed by atoms with van der Waals surface area (Å²) in [5, 5.41) is 0.997. The molecular formula is C13H16N2O. The standard InChI is InChI=1S/C13H16N2O/c1-9(14)6-7-13(16)11-8-15-12-5-3-2-4-10(11)12/h2-5,8-9,15H,6-7,14H2,1H3. The summed E-state index contributed by atoms with van der Waals surface area (Å²) in [5.41, 5.74) is 7.43. The number of Topliss-reactive ketones (excluding diaryl/α,β-unsaturated/α-hetero) is 1. The van der Waals surface area contributed by atoms with E-state index in [0.29, 0.717) is 6.42 Å². The first-order valence-electron chi connectivity index (χ1n) is 5.53. The van der Waals surface area contributed by atoms with Gasteiger partial charge >= 0.3 is 0 Å². The molecule has 3 heteroatoms. The second-order valence-electron chi connectivity index (χ2n) is 4.19. The summed E-state index contributed by atoms with van der Waals surface area (Å²) in [4.78, 5) is 15.1. The topological polar surface area (TPSA) is 58.9 Å². The SMILES string of the molecule is CC(N)CCC(=O)c1c[nH]c2ccccc12. The number of carbonyl (C=O) groups excluding carboxylic acids is 1. The molecule has 1 atom stereocenters. The zero-order valence-corrected chi connectivity index (χ0v) is 9.36. The van der Waals surface area contributed by atoms with Crippen LogP contribution in [0.2, 0.25) is 0 Å². The van der Waals surface area contributed by atoms with Gasteiger partial charge < -0.3 is 10.7 Å². The van der Waals surface area contributed by atoms with Crippen LogP contribution < -0.4 is 5.73 Å². The van der Waals surface area contributed by atoms with E-state index in [1.165, 1.54) is 0 Å². The molecule has 1 aromatic heterocycles. The Balaban J connectivity index is 2.23. The van der Waals surface area contributed by atoms with Gasteiger partial charge in [0, 0.05) is 35.1 Å². The van der Waals surface area contributed by atoms with Crippen LogP contribution in [0, 0.1) is 0 Å². The molecule has 16 heavy (non-hydrogen) atoms. The first-order valence-corrected chi connectivity index (χ1v) is 5.53. The van der Waals surface area contributed by atoms with Crippen LogP contribution in [-0.4, -0.2) is 16.8 Å². The Morgan fingerprint density at radius 2 is 2.19 bits per heavy atom. The molecule has 3 N–H and O–H groups in total. The van der Waals surface area contributed by atoms with Crippen molar-refractivity contribution in [2.45, 2.75) is 25.8 Å². The highest BCUT2D eigenvalue weighted by Gasteiger charge is 2.11. The van der Waals surface area contributed by atoms with Crippen LogP contribution in [0.15, 0.2) is 30.5 Å². The molecule has 0 saturated carbocycles. The number of aromatic amines is 1. The number of H-pyrrole nitrogens is 1. The van der Waals surface area contributed by atoms with Crippen molar-refractivity contribution < 1.29 is 4.79 Å². The molecule has 2 aromatic rings.